The minimum atomic E-state index is -3.48. The second kappa shape index (κ2) is 7.05. The van der Waals surface area contributed by atoms with E-state index in [1.54, 1.807) is 27.8 Å². The zero-order valence-corrected chi connectivity index (χ0v) is 15.2. The van der Waals surface area contributed by atoms with Crippen LogP contribution in [0.15, 0.2) is 46.7 Å². The van der Waals surface area contributed by atoms with Crippen molar-refractivity contribution in [2.75, 3.05) is 0 Å². The minimum absolute atomic E-state index is 0.0899. The molecule has 0 fully saturated rings. The predicted octanol–water partition coefficient (Wildman–Crippen LogP) is 4.24. The molecular formula is C15H18BrNO2S2. The molecule has 0 spiro atoms. The smallest absolute Gasteiger partial charge is 0.207 e. The van der Waals surface area contributed by atoms with Crippen molar-refractivity contribution in [2.24, 2.45) is 0 Å². The van der Waals surface area contributed by atoms with Gasteiger partial charge in [0.25, 0.3) is 0 Å². The van der Waals surface area contributed by atoms with Crippen molar-refractivity contribution in [1.29, 1.82) is 0 Å². The number of sulfonamides is 1. The summed E-state index contributed by atoms with van der Waals surface area (Å²) < 4.78 is 27.2. The second-order valence-corrected chi connectivity index (χ2v) is 8.48. The zero-order valence-electron chi connectivity index (χ0n) is 12.0. The molecule has 0 bridgehead atoms. The Morgan fingerprint density at radius 2 is 1.86 bits per heavy atom. The fourth-order valence-corrected chi connectivity index (χ4v) is 4.76. The highest BCUT2D eigenvalue weighted by Gasteiger charge is 2.27. The lowest BCUT2D eigenvalue weighted by atomic mass is 10.2. The first-order valence-electron chi connectivity index (χ1n) is 6.64. The molecule has 0 aliphatic heterocycles. The molecule has 0 saturated heterocycles. The van der Waals surface area contributed by atoms with Gasteiger partial charge in [-0.1, -0.05) is 34.1 Å². The first kappa shape index (κ1) is 16.7. The van der Waals surface area contributed by atoms with E-state index in [-0.39, 0.29) is 6.04 Å². The van der Waals surface area contributed by atoms with E-state index >= 15 is 0 Å². The van der Waals surface area contributed by atoms with E-state index in [0.717, 1.165) is 15.8 Å². The average molecular weight is 388 g/mol. The third-order valence-corrected chi connectivity index (χ3v) is 6.70. The number of hydrogen-bond donors (Lipinski definition) is 0. The molecule has 2 rings (SSSR count). The normalized spacial score (nSPS) is 12.2. The van der Waals surface area contributed by atoms with Gasteiger partial charge in [-0.2, -0.15) is 4.31 Å². The topological polar surface area (TPSA) is 37.4 Å². The summed E-state index contributed by atoms with van der Waals surface area (Å²) in [6.45, 7) is 4.22. The van der Waals surface area contributed by atoms with Gasteiger partial charge in [0.1, 0.15) is 0 Å². The minimum Gasteiger partial charge on any atom is -0.207 e. The van der Waals surface area contributed by atoms with E-state index in [2.05, 4.69) is 15.9 Å². The number of halogens is 1. The molecule has 0 aliphatic rings. The van der Waals surface area contributed by atoms with Crippen LogP contribution in [-0.4, -0.2) is 18.8 Å². The molecule has 3 nitrogen and oxygen atoms in total. The lowest BCUT2D eigenvalue weighted by molar-refractivity contribution is 0.350. The summed E-state index contributed by atoms with van der Waals surface area (Å²) in [7, 11) is -3.48. The molecule has 21 heavy (non-hydrogen) atoms. The first-order valence-corrected chi connectivity index (χ1v) is 10.1. The van der Waals surface area contributed by atoms with Gasteiger partial charge >= 0.3 is 0 Å². The van der Waals surface area contributed by atoms with Gasteiger partial charge in [0, 0.05) is 22.8 Å². The second-order valence-electron chi connectivity index (χ2n) is 5.00. The Bertz CT molecular complexity index is 664. The van der Waals surface area contributed by atoms with Gasteiger partial charge in [0.2, 0.25) is 10.0 Å². The number of rotatable bonds is 6. The van der Waals surface area contributed by atoms with E-state index in [0.29, 0.717) is 11.4 Å². The molecule has 6 heteroatoms. The summed E-state index contributed by atoms with van der Waals surface area (Å²) >= 11 is 4.94. The van der Waals surface area contributed by atoms with Crippen LogP contribution in [-0.2, 0) is 21.9 Å². The van der Waals surface area contributed by atoms with E-state index in [1.165, 1.54) is 0 Å². The number of alkyl halides is 1. The average Bonchev–Trinajstić information content (AvgIpc) is 2.97. The van der Waals surface area contributed by atoms with Gasteiger partial charge in [0.05, 0.1) is 4.90 Å². The molecule has 0 N–H and O–H groups in total. The molecule has 2 aromatic rings. The molecule has 0 amide bonds. The number of thiophene rings is 1. The molecule has 0 radical (unpaired) electrons. The van der Waals surface area contributed by atoms with E-state index in [9.17, 15) is 8.42 Å². The fraction of sp³-hybridized carbons (Fsp3) is 0.333. The summed E-state index contributed by atoms with van der Waals surface area (Å²) in [4.78, 5) is 1.39. The Hall–Kier alpha value is -0.690. The Labute approximate surface area is 138 Å². The zero-order chi connectivity index (χ0) is 15.5. The lowest BCUT2D eigenvalue weighted by Gasteiger charge is -2.25. The van der Waals surface area contributed by atoms with Crippen molar-refractivity contribution in [1.82, 2.24) is 4.31 Å². The molecule has 0 saturated carbocycles. The Kier molecular flexibility index (Phi) is 5.60. The summed E-state index contributed by atoms with van der Waals surface area (Å²) in [5, 5.41) is 2.68. The van der Waals surface area contributed by atoms with Crippen LogP contribution in [0, 0.1) is 0 Å². The van der Waals surface area contributed by atoms with E-state index in [1.807, 2.05) is 43.5 Å². The monoisotopic (exact) mass is 387 g/mol. The third-order valence-electron chi connectivity index (χ3n) is 3.15. The van der Waals surface area contributed by atoms with Crippen molar-refractivity contribution in [3.63, 3.8) is 0 Å². The van der Waals surface area contributed by atoms with Gasteiger partial charge in [-0.25, -0.2) is 8.42 Å². The van der Waals surface area contributed by atoms with Crippen LogP contribution in [0.3, 0.4) is 0 Å². The maximum absolute atomic E-state index is 12.8. The molecule has 114 valence electrons. The molecule has 1 aromatic carbocycles. The van der Waals surface area contributed by atoms with Crippen molar-refractivity contribution >= 4 is 37.3 Å². The van der Waals surface area contributed by atoms with Gasteiger partial charge in [-0.3, -0.25) is 0 Å². The molecule has 0 atom stereocenters. The van der Waals surface area contributed by atoms with E-state index < -0.39 is 10.0 Å². The fourth-order valence-electron chi connectivity index (χ4n) is 1.99. The molecular weight excluding hydrogens is 370 g/mol. The molecule has 0 aliphatic carbocycles. The van der Waals surface area contributed by atoms with Gasteiger partial charge in [0.15, 0.2) is 0 Å². The van der Waals surface area contributed by atoms with Crippen LogP contribution in [0.4, 0.5) is 0 Å². The summed E-state index contributed by atoms with van der Waals surface area (Å²) in [6.07, 6.45) is 0. The summed E-state index contributed by atoms with van der Waals surface area (Å²) in [6, 6.07) is 10.8. The first-order chi connectivity index (χ1) is 9.95. The van der Waals surface area contributed by atoms with Gasteiger partial charge in [-0.05, 0) is 43.0 Å². The van der Waals surface area contributed by atoms with Crippen molar-refractivity contribution < 1.29 is 8.42 Å². The van der Waals surface area contributed by atoms with Crippen LogP contribution in [0.5, 0.6) is 0 Å². The maximum Gasteiger partial charge on any atom is 0.243 e. The SMILES string of the molecule is CC(C)N(Cc1cccs1)S(=O)(=O)c1ccc(CBr)cc1. The van der Waals surface area contributed by atoms with Crippen molar-refractivity contribution in [2.45, 2.75) is 36.7 Å². The number of hydrogen-bond acceptors (Lipinski definition) is 3. The molecule has 1 aromatic heterocycles. The lowest BCUT2D eigenvalue weighted by Crippen LogP contribution is -2.36. The maximum atomic E-state index is 12.8. The van der Waals surface area contributed by atoms with E-state index in [4.69, 9.17) is 0 Å². The Balaban J connectivity index is 2.32. The number of benzene rings is 1. The van der Waals surface area contributed by atoms with Crippen LogP contribution in [0.25, 0.3) is 0 Å². The predicted molar refractivity (Wildman–Crippen MR) is 91.3 cm³/mol. The highest BCUT2D eigenvalue weighted by Crippen LogP contribution is 2.23. The highest BCUT2D eigenvalue weighted by atomic mass is 79.9. The third kappa shape index (κ3) is 3.94. The Morgan fingerprint density at radius 1 is 1.19 bits per heavy atom. The summed E-state index contributed by atoms with van der Waals surface area (Å²) in [5.74, 6) is 0. The summed E-state index contributed by atoms with van der Waals surface area (Å²) in [5.41, 5.74) is 1.06. The molecule has 1 heterocycles. The van der Waals surface area contributed by atoms with Crippen molar-refractivity contribution in [3.8, 4) is 0 Å². The van der Waals surface area contributed by atoms with Crippen LogP contribution in [0.1, 0.15) is 24.3 Å². The quantitative estimate of drug-likeness (QED) is 0.694. The van der Waals surface area contributed by atoms with Crippen LogP contribution >= 0.6 is 27.3 Å². The van der Waals surface area contributed by atoms with Gasteiger partial charge in [-0.15, -0.1) is 11.3 Å². The highest BCUT2D eigenvalue weighted by molar-refractivity contribution is 9.08. The molecule has 0 unspecified atom stereocenters. The standard InChI is InChI=1S/C15H18BrNO2S2/c1-12(2)17(11-14-4-3-9-20-14)21(18,19)15-7-5-13(10-16)6-8-15/h3-9,12H,10-11H2,1-2H3. The van der Waals surface area contributed by atoms with Gasteiger partial charge < -0.3 is 0 Å². The van der Waals surface area contributed by atoms with Crippen LogP contribution in [0.2, 0.25) is 0 Å². The Morgan fingerprint density at radius 3 is 2.33 bits per heavy atom. The van der Waals surface area contributed by atoms with Crippen LogP contribution < -0.4 is 0 Å². The van der Waals surface area contributed by atoms with Crippen molar-refractivity contribution in [3.05, 3.63) is 52.2 Å². The number of nitrogens with zero attached hydrogens (tertiary/aromatic N) is 1. The largest absolute Gasteiger partial charge is 0.243 e.